The minimum Gasteiger partial charge on any atom is -0.459 e. The van der Waals surface area contributed by atoms with Crippen molar-refractivity contribution in [1.82, 2.24) is 0 Å². The van der Waals surface area contributed by atoms with Crippen molar-refractivity contribution in [3.63, 3.8) is 0 Å². The number of ether oxygens (including phenoxy) is 1. The van der Waals surface area contributed by atoms with Crippen LogP contribution >= 0.6 is 12.0 Å². The fraction of sp³-hybridized carbons (Fsp3) is 0.952. The van der Waals surface area contributed by atoms with E-state index in [1.54, 1.807) is 13.8 Å². The second-order valence-corrected chi connectivity index (χ2v) is 11.3. The van der Waals surface area contributed by atoms with Crippen molar-refractivity contribution in [3.05, 3.63) is 0 Å². The minimum atomic E-state index is -6.58. The van der Waals surface area contributed by atoms with E-state index in [-0.39, 0.29) is 5.41 Å². The molecule has 0 spiro atoms. The molecule has 0 atom stereocenters. The fourth-order valence-corrected chi connectivity index (χ4v) is 6.66. The molecular weight excluding hydrogens is 516 g/mol. The zero-order valence-electron chi connectivity index (χ0n) is 19.4. The Hall–Kier alpha value is -0.860. The lowest BCUT2D eigenvalue weighted by Gasteiger charge is -2.61. The van der Waals surface area contributed by atoms with Gasteiger partial charge in [-0.25, -0.2) is 4.89 Å². The number of carbonyl (C=O) groups excluding carboxylic acids is 1. The standard InChI is InChI=1S/C21H28F8O5S/c1-16(2,17-9-12-6-13(10-17)8-14(7-12)11-17)32-15(30)4-5-18(22,23)19(24,25)20(26,27)21(28,29)35-34-33-31-3/h12-14H,4-11H2,1-3H3. The normalized spacial score (nSPS) is 29.5. The van der Waals surface area contributed by atoms with Gasteiger partial charge in [-0.1, -0.05) is 5.04 Å². The lowest BCUT2D eigenvalue weighted by Crippen LogP contribution is -2.61. The first-order valence-corrected chi connectivity index (χ1v) is 11.9. The Bertz CT molecular complexity index is 756. The Morgan fingerprint density at radius 3 is 1.83 bits per heavy atom. The molecular formula is C21H28F8O5S. The average molecular weight is 545 g/mol. The van der Waals surface area contributed by atoms with Gasteiger partial charge < -0.3 is 4.74 Å². The molecule has 14 heteroatoms. The first kappa shape index (κ1) is 28.7. The minimum absolute atomic E-state index is 0.375. The van der Waals surface area contributed by atoms with Crippen LogP contribution in [-0.4, -0.2) is 41.7 Å². The van der Waals surface area contributed by atoms with Crippen LogP contribution in [0.15, 0.2) is 0 Å². The van der Waals surface area contributed by atoms with Gasteiger partial charge in [-0.2, -0.15) is 35.1 Å². The highest BCUT2D eigenvalue weighted by molar-refractivity contribution is 7.95. The smallest absolute Gasteiger partial charge is 0.390 e. The third-order valence-corrected chi connectivity index (χ3v) is 8.37. The first-order chi connectivity index (χ1) is 15.9. The molecule has 0 aromatic carbocycles. The number of carbonyl (C=O) groups is 1. The second kappa shape index (κ2) is 9.46. The fourth-order valence-electron chi connectivity index (χ4n) is 6.26. The van der Waals surface area contributed by atoms with Crippen LogP contribution < -0.4 is 0 Å². The number of alkyl halides is 8. The van der Waals surface area contributed by atoms with Crippen LogP contribution in [0.5, 0.6) is 0 Å². The van der Waals surface area contributed by atoms with Gasteiger partial charge in [-0.3, -0.25) is 4.79 Å². The molecule has 0 saturated heterocycles. The van der Waals surface area contributed by atoms with Gasteiger partial charge in [0, 0.05) is 11.8 Å². The van der Waals surface area contributed by atoms with Crippen molar-refractivity contribution in [1.29, 1.82) is 0 Å². The predicted molar refractivity (Wildman–Crippen MR) is 107 cm³/mol. The van der Waals surface area contributed by atoms with Crippen molar-refractivity contribution in [2.75, 3.05) is 7.11 Å². The highest BCUT2D eigenvalue weighted by atomic mass is 32.2. The van der Waals surface area contributed by atoms with Gasteiger partial charge >= 0.3 is 29.0 Å². The average Bonchev–Trinajstić information content (AvgIpc) is 2.70. The van der Waals surface area contributed by atoms with Gasteiger partial charge in [-0.05, 0) is 70.1 Å². The maximum atomic E-state index is 14.1. The molecule has 35 heavy (non-hydrogen) atoms. The summed E-state index contributed by atoms with van der Waals surface area (Å²) < 4.78 is 120. The summed E-state index contributed by atoms with van der Waals surface area (Å²) >= 11 is -1.62. The molecule has 204 valence electrons. The van der Waals surface area contributed by atoms with E-state index in [1.165, 1.54) is 0 Å². The van der Waals surface area contributed by atoms with Gasteiger partial charge in [0.2, 0.25) is 0 Å². The van der Waals surface area contributed by atoms with Crippen molar-refractivity contribution >= 4 is 18.0 Å². The van der Waals surface area contributed by atoms with Crippen molar-refractivity contribution in [3.8, 4) is 0 Å². The van der Waals surface area contributed by atoms with Crippen LogP contribution in [0.4, 0.5) is 35.1 Å². The summed E-state index contributed by atoms with van der Waals surface area (Å²) in [4.78, 5) is 16.0. The van der Waals surface area contributed by atoms with Crippen LogP contribution in [0.2, 0.25) is 0 Å². The Morgan fingerprint density at radius 2 is 1.37 bits per heavy atom. The quantitative estimate of drug-likeness (QED) is 0.0661. The first-order valence-electron chi connectivity index (χ1n) is 11.2. The van der Waals surface area contributed by atoms with Crippen LogP contribution in [0, 0.1) is 23.2 Å². The molecule has 4 rings (SSSR count). The summed E-state index contributed by atoms with van der Waals surface area (Å²) in [5, 5.41) is -2.40. The van der Waals surface area contributed by atoms with E-state index < -0.39 is 59.5 Å². The van der Waals surface area contributed by atoms with E-state index >= 15 is 0 Å². The Morgan fingerprint density at radius 1 is 0.886 bits per heavy atom. The Labute approximate surface area is 201 Å². The summed E-state index contributed by atoms with van der Waals surface area (Å²) in [5.41, 5.74) is -1.47. The topological polar surface area (TPSA) is 54.0 Å². The van der Waals surface area contributed by atoms with Gasteiger partial charge in [0.15, 0.2) is 0 Å². The third kappa shape index (κ3) is 5.13. The zero-order valence-corrected chi connectivity index (χ0v) is 20.2. The van der Waals surface area contributed by atoms with Gasteiger partial charge in [0.05, 0.1) is 13.5 Å². The van der Waals surface area contributed by atoms with E-state index in [9.17, 15) is 39.9 Å². The summed E-state index contributed by atoms with van der Waals surface area (Å²) in [6.07, 6.45) is 2.15. The summed E-state index contributed by atoms with van der Waals surface area (Å²) in [6, 6.07) is 0. The summed E-state index contributed by atoms with van der Waals surface area (Å²) in [5.74, 6) is -18.7. The van der Waals surface area contributed by atoms with Crippen molar-refractivity contribution in [2.24, 2.45) is 23.2 Å². The number of rotatable bonds is 12. The molecule has 0 N–H and O–H groups in total. The number of hydrogen-bond donors (Lipinski definition) is 0. The van der Waals surface area contributed by atoms with Gasteiger partial charge in [0.25, 0.3) is 0 Å². The molecule has 4 fully saturated rings. The molecule has 0 heterocycles. The van der Waals surface area contributed by atoms with Crippen LogP contribution in [0.25, 0.3) is 0 Å². The van der Waals surface area contributed by atoms with E-state index in [1.807, 2.05) is 0 Å². The molecule has 5 nitrogen and oxygen atoms in total. The lowest BCUT2D eigenvalue weighted by molar-refractivity contribution is -0.450. The SMILES string of the molecule is COOOSC(F)(F)C(F)(F)C(F)(F)C(F)(F)CCC(=O)OC(C)(C)C12CC3CC(CC(C3)C1)C2. The molecule has 0 radical (unpaired) electrons. The molecule has 0 aromatic heterocycles. The Kier molecular flexibility index (Phi) is 7.76. The van der Waals surface area contributed by atoms with Crippen LogP contribution in [0.3, 0.4) is 0 Å². The van der Waals surface area contributed by atoms with Crippen molar-refractivity contribution < 1.29 is 58.9 Å². The maximum Gasteiger partial charge on any atom is 0.390 e. The maximum absolute atomic E-state index is 14.1. The van der Waals surface area contributed by atoms with E-state index in [2.05, 4.69) is 14.3 Å². The third-order valence-electron chi connectivity index (χ3n) is 7.78. The lowest BCUT2D eigenvalue weighted by atomic mass is 9.46. The largest absolute Gasteiger partial charge is 0.459 e. The monoisotopic (exact) mass is 544 g/mol. The number of esters is 1. The summed E-state index contributed by atoms with van der Waals surface area (Å²) in [6.45, 7) is 3.28. The zero-order chi connectivity index (χ0) is 26.5. The molecule has 0 aliphatic heterocycles. The predicted octanol–water partition coefficient (Wildman–Crippen LogP) is 6.96. The highest BCUT2D eigenvalue weighted by Gasteiger charge is 2.81. The van der Waals surface area contributed by atoms with Gasteiger partial charge in [-0.15, -0.1) is 4.33 Å². The van der Waals surface area contributed by atoms with Crippen molar-refractivity contribution in [2.45, 2.75) is 93.8 Å². The molecule has 4 saturated carbocycles. The van der Waals surface area contributed by atoms with E-state index in [0.29, 0.717) is 17.8 Å². The molecule has 0 amide bonds. The molecule has 4 aliphatic rings. The van der Waals surface area contributed by atoms with E-state index in [4.69, 9.17) is 4.74 Å². The molecule has 4 bridgehead atoms. The second-order valence-electron chi connectivity index (χ2n) is 10.4. The number of halogens is 8. The molecule has 4 aliphatic carbocycles. The van der Waals surface area contributed by atoms with Crippen LogP contribution in [-0.2, 0) is 23.8 Å². The Balaban J connectivity index is 1.64. The molecule has 0 unspecified atom stereocenters. The number of hydrogen-bond acceptors (Lipinski definition) is 6. The van der Waals surface area contributed by atoms with E-state index in [0.717, 1.165) is 45.6 Å². The van der Waals surface area contributed by atoms with Gasteiger partial charge in [0.1, 0.15) is 17.6 Å². The molecule has 0 aromatic rings. The van der Waals surface area contributed by atoms with Crippen LogP contribution in [0.1, 0.15) is 65.2 Å². The summed E-state index contributed by atoms with van der Waals surface area (Å²) in [7, 11) is 0.725. The highest BCUT2D eigenvalue weighted by Crippen LogP contribution is 2.64.